The maximum atomic E-state index is 13.8. The number of carbonyl (C=O) groups excluding carboxylic acids is 4. The molecule has 4 atom stereocenters. The fraction of sp³-hybridized carbons (Fsp3) is 0.463. The van der Waals surface area contributed by atoms with Crippen molar-refractivity contribution in [2.24, 2.45) is 0 Å². The molecule has 0 saturated carbocycles. The molecule has 5 heterocycles. The Hall–Kier alpha value is -5.38. The van der Waals surface area contributed by atoms with Crippen LogP contribution in [0.4, 0.5) is 35.9 Å². The number of piperazine rings is 1. The third-order valence-electron chi connectivity index (χ3n) is 11.5. The number of benzene rings is 2. The summed E-state index contributed by atoms with van der Waals surface area (Å²) < 4.78 is 47.6. The van der Waals surface area contributed by atoms with E-state index >= 15 is 0 Å². The molecule has 3 aromatic rings. The summed E-state index contributed by atoms with van der Waals surface area (Å²) in [6.45, 7) is 8.33. The molecule has 4 aliphatic heterocycles. The van der Waals surface area contributed by atoms with Gasteiger partial charge in [-0.15, -0.1) is 12.6 Å². The zero-order chi connectivity index (χ0) is 42.2. The SMILES string of the molecule is CCc1cc(N2C(S)N(c3cnc(C#N)c(C(F)(F)F)c3)C(=O)C2(C)C)ccc1OCCN1CC2CCC(C1)N2CC(=O)Nc1cccc(NC2CCC(=O)NC2=O)c1. The minimum absolute atomic E-state index is 0.117. The second-order valence-corrected chi connectivity index (χ2v) is 16.2. The number of piperidine rings is 1. The van der Waals surface area contributed by atoms with E-state index in [0.29, 0.717) is 48.8 Å². The van der Waals surface area contributed by atoms with Gasteiger partial charge in [0.1, 0.15) is 30.0 Å². The highest BCUT2D eigenvalue weighted by Crippen LogP contribution is 2.43. The number of anilines is 4. The molecule has 7 rings (SSSR count). The van der Waals surface area contributed by atoms with Crippen molar-refractivity contribution in [2.75, 3.05) is 53.2 Å². The van der Waals surface area contributed by atoms with Crippen LogP contribution < -0.4 is 30.5 Å². The summed E-state index contributed by atoms with van der Waals surface area (Å²) in [6, 6.07) is 14.9. The number of pyridine rings is 1. The van der Waals surface area contributed by atoms with Crippen LogP contribution in [-0.2, 0) is 31.8 Å². The normalized spacial score (nSPS) is 23.3. The van der Waals surface area contributed by atoms with Gasteiger partial charge >= 0.3 is 6.18 Å². The van der Waals surface area contributed by atoms with Crippen molar-refractivity contribution >= 4 is 59.0 Å². The topological polar surface area (TPSA) is 163 Å². The van der Waals surface area contributed by atoms with Crippen LogP contribution in [0, 0.1) is 11.3 Å². The molecule has 4 aliphatic rings. The number of halogens is 3. The van der Waals surface area contributed by atoms with Gasteiger partial charge in [-0.3, -0.25) is 39.2 Å². The molecule has 18 heteroatoms. The highest BCUT2D eigenvalue weighted by Gasteiger charge is 2.52. The van der Waals surface area contributed by atoms with Crippen molar-refractivity contribution in [3.05, 3.63) is 71.5 Å². The number of alkyl halides is 3. The summed E-state index contributed by atoms with van der Waals surface area (Å²) in [5.74, 6) is -0.548. The van der Waals surface area contributed by atoms with Gasteiger partial charge in [-0.2, -0.15) is 18.4 Å². The molecular formula is C41H46F3N9O5S. The smallest absolute Gasteiger partial charge is 0.419 e. The molecule has 14 nitrogen and oxygen atoms in total. The number of nitrogens with one attached hydrogen (secondary N) is 3. The number of imide groups is 1. The van der Waals surface area contributed by atoms with Gasteiger partial charge in [0.2, 0.25) is 17.7 Å². The van der Waals surface area contributed by atoms with Crippen LogP contribution in [0.1, 0.15) is 63.3 Å². The Kier molecular flexibility index (Phi) is 11.8. The Bertz CT molecular complexity index is 2170. The van der Waals surface area contributed by atoms with E-state index in [0.717, 1.165) is 48.7 Å². The summed E-state index contributed by atoms with van der Waals surface area (Å²) in [4.78, 5) is 61.8. The first kappa shape index (κ1) is 41.8. The van der Waals surface area contributed by atoms with Gasteiger partial charge in [0.25, 0.3) is 5.91 Å². The van der Waals surface area contributed by atoms with Gasteiger partial charge in [-0.25, -0.2) is 4.98 Å². The van der Waals surface area contributed by atoms with Crippen LogP contribution in [-0.4, -0.2) is 100 Å². The lowest BCUT2D eigenvalue weighted by Gasteiger charge is -2.40. The molecule has 1 aromatic heterocycles. The van der Waals surface area contributed by atoms with Crippen LogP contribution in [0.15, 0.2) is 54.7 Å². The number of aromatic nitrogens is 1. The Labute approximate surface area is 345 Å². The highest BCUT2D eigenvalue weighted by atomic mass is 32.1. The summed E-state index contributed by atoms with van der Waals surface area (Å²) in [7, 11) is 0. The van der Waals surface area contributed by atoms with Crippen molar-refractivity contribution < 1.29 is 37.1 Å². The van der Waals surface area contributed by atoms with E-state index < -0.39 is 40.4 Å². The first-order valence-electron chi connectivity index (χ1n) is 19.6. The second kappa shape index (κ2) is 16.7. The minimum atomic E-state index is -4.84. The first-order chi connectivity index (χ1) is 28.1. The number of hydrogen-bond donors (Lipinski definition) is 4. The van der Waals surface area contributed by atoms with Gasteiger partial charge in [0.05, 0.1) is 24.0 Å². The third kappa shape index (κ3) is 8.68. The number of likely N-dealkylation sites (tertiary alicyclic amines) is 1. The molecule has 4 amide bonds. The number of thiol groups is 1. The van der Waals surface area contributed by atoms with E-state index in [9.17, 15) is 37.6 Å². The Morgan fingerprint density at radius 2 is 1.78 bits per heavy atom. The largest absolute Gasteiger partial charge is 0.492 e. The van der Waals surface area contributed by atoms with Crippen LogP contribution >= 0.6 is 12.6 Å². The van der Waals surface area contributed by atoms with Crippen molar-refractivity contribution in [2.45, 2.75) is 88.2 Å². The number of ether oxygens (including phenoxy) is 1. The average Bonchev–Trinajstić information content (AvgIpc) is 3.51. The zero-order valence-corrected chi connectivity index (χ0v) is 33.8. The lowest BCUT2D eigenvalue weighted by Crippen LogP contribution is -2.56. The van der Waals surface area contributed by atoms with E-state index in [1.165, 1.54) is 6.07 Å². The first-order valence-corrected chi connectivity index (χ1v) is 20.1. The number of carbonyl (C=O) groups is 4. The summed E-state index contributed by atoms with van der Waals surface area (Å²) in [5, 5.41) is 17.7. The van der Waals surface area contributed by atoms with E-state index in [-0.39, 0.29) is 48.5 Å². The predicted octanol–water partition coefficient (Wildman–Crippen LogP) is 4.76. The van der Waals surface area contributed by atoms with Crippen LogP contribution in [0.25, 0.3) is 0 Å². The molecule has 0 spiro atoms. The lowest BCUT2D eigenvalue weighted by molar-refractivity contribution is -0.138. The Morgan fingerprint density at radius 3 is 2.46 bits per heavy atom. The number of fused-ring (bicyclic) bond motifs is 2. The molecular weight excluding hydrogens is 788 g/mol. The molecule has 2 aromatic carbocycles. The fourth-order valence-corrected chi connectivity index (χ4v) is 9.19. The van der Waals surface area contributed by atoms with Crippen LogP contribution in [0.2, 0.25) is 0 Å². The zero-order valence-electron chi connectivity index (χ0n) is 32.9. The standard InChI is InChI=1S/C41H46F3N9O5S/c1-4-24-16-27(53-39(59)52(38(57)40(53,2)3)30-18-31(41(42,43)44)33(19-45)46-20-30)10-12-34(24)58-15-14-50-21-28-8-9-29(22-50)51(28)23-36(55)48-26-7-5-6-25(17-26)47-32-11-13-35(54)49-37(32)56/h5-7,10,12,16-18,20,28-29,32,39,47,59H,4,8-9,11,13-15,21-23H2,1-3H3,(H,48,55)(H,49,54,56). The van der Waals surface area contributed by atoms with Crippen molar-refractivity contribution in [1.82, 2.24) is 20.1 Å². The summed E-state index contributed by atoms with van der Waals surface area (Å²) >= 11 is 4.71. The van der Waals surface area contributed by atoms with Crippen molar-refractivity contribution in [1.29, 1.82) is 5.26 Å². The molecule has 4 saturated heterocycles. The van der Waals surface area contributed by atoms with Crippen molar-refractivity contribution in [3.8, 4) is 11.8 Å². The number of hydrogen-bond acceptors (Lipinski definition) is 12. The predicted molar refractivity (Wildman–Crippen MR) is 217 cm³/mol. The molecule has 4 fully saturated rings. The monoisotopic (exact) mass is 833 g/mol. The van der Waals surface area contributed by atoms with Gasteiger partial charge < -0.3 is 20.3 Å². The van der Waals surface area contributed by atoms with Gasteiger partial charge in [-0.1, -0.05) is 13.0 Å². The van der Waals surface area contributed by atoms with E-state index in [1.807, 2.05) is 31.2 Å². The highest BCUT2D eigenvalue weighted by molar-refractivity contribution is 7.81. The number of amides is 4. The summed E-state index contributed by atoms with van der Waals surface area (Å²) in [6.07, 6.45) is -0.486. The third-order valence-corrected chi connectivity index (χ3v) is 12.0. The molecule has 0 aliphatic carbocycles. The Morgan fingerprint density at radius 1 is 1.05 bits per heavy atom. The molecule has 2 bridgehead atoms. The maximum Gasteiger partial charge on any atom is 0.419 e. The lowest BCUT2D eigenvalue weighted by atomic mass is 10.0. The van der Waals surface area contributed by atoms with Crippen molar-refractivity contribution in [3.63, 3.8) is 0 Å². The fourth-order valence-electron chi connectivity index (χ4n) is 8.53. The van der Waals surface area contributed by atoms with Gasteiger partial charge in [0.15, 0.2) is 11.2 Å². The minimum Gasteiger partial charge on any atom is -0.492 e. The van der Waals surface area contributed by atoms with Crippen LogP contribution in [0.3, 0.4) is 0 Å². The van der Waals surface area contributed by atoms with E-state index in [2.05, 4.69) is 30.7 Å². The summed E-state index contributed by atoms with van der Waals surface area (Å²) in [5.41, 5.74) is -1.46. The number of rotatable bonds is 12. The van der Waals surface area contributed by atoms with Crippen LogP contribution in [0.5, 0.6) is 5.75 Å². The van der Waals surface area contributed by atoms with E-state index in [1.54, 1.807) is 36.9 Å². The van der Waals surface area contributed by atoms with Gasteiger partial charge in [0, 0.05) is 55.2 Å². The maximum absolute atomic E-state index is 13.8. The molecule has 0 radical (unpaired) electrons. The Balaban J connectivity index is 0.930. The molecule has 59 heavy (non-hydrogen) atoms. The number of nitriles is 1. The average molecular weight is 834 g/mol. The number of nitrogens with zero attached hydrogens (tertiary/aromatic N) is 6. The quantitative estimate of drug-likeness (QED) is 0.147. The molecule has 4 unspecified atom stereocenters. The molecule has 3 N–H and O–H groups in total. The number of aryl methyl sites for hydroxylation is 1. The molecule has 312 valence electrons. The second-order valence-electron chi connectivity index (χ2n) is 15.7. The van der Waals surface area contributed by atoms with E-state index in [4.69, 9.17) is 17.4 Å². The van der Waals surface area contributed by atoms with Gasteiger partial charge in [-0.05, 0) is 87.6 Å².